The van der Waals surface area contributed by atoms with Gasteiger partial charge in [-0.3, -0.25) is 9.59 Å². The highest BCUT2D eigenvalue weighted by Gasteiger charge is 2.31. The van der Waals surface area contributed by atoms with Crippen molar-refractivity contribution in [2.24, 2.45) is 0 Å². The standard InChI is InChI=1S/C28H30Cl2N2O2/c1-19(2)31-28(34)26(16-21-8-5-4-6-9-21)32(18-22-14-12-20(3)13-15-22)27(33)17-23-24(29)10-7-11-25(23)30/h4-15,19,26H,16-18H2,1-3H3,(H,31,34)/t26-/m1/s1. The van der Waals surface area contributed by atoms with Crippen LogP contribution in [0.4, 0.5) is 0 Å². The number of benzene rings is 3. The summed E-state index contributed by atoms with van der Waals surface area (Å²) in [6.45, 7) is 6.13. The topological polar surface area (TPSA) is 49.4 Å². The number of nitrogens with one attached hydrogen (secondary N) is 1. The van der Waals surface area contributed by atoms with Crippen LogP contribution in [0.3, 0.4) is 0 Å². The molecule has 1 N–H and O–H groups in total. The smallest absolute Gasteiger partial charge is 0.243 e. The second-order valence-corrected chi connectivity index (χ2v) is 9.57. The Bertz CT molecular complexity index is 1090. The van der Waals surface area contributed by atoms with E-state index in [-0.39, 0.29) is 24.3 Å². The molecule has 0 unspecified atom stereocenters. The van der Waals surface area contributed by atoms with Crippen LogP contribution in [0.5, 0.6) is 0 Å². The highest BCUT2D eigenvalue weighted by Crippen LogP contribution is 2.26. The predicted molar refractivity (Wildman–Crippen MR) is 139 cm³/mol. The van der Waals surface area contributed by atoms with Crippen LogP contribution in [0.15, 0.2) is 72.8 Å². The molecule has 178 valence electrons. The molecule has 0 bridgehead atoms. The van der Waals surface area contributed by atoms with Gasteiger partial charge in [-0.05, 0) is 49.6 Å². The molecule has 3 rings (SSSR count). The lowest BCUT2D eigenvalue weighted by Crippen LogP contribution is -2.52. The van der Waals surface area contributed by atoms with Gasteiger partial charge in [-0.25, -0.2) is 0 Å². The fourth-order valence-corrected chi connectivity index (χ4v) is 4.31. The summed E-state index contributed by atoms with van der Waals surface area (Å²) in [4.78, 5) is 28.8. The second-order valence-electron chi connectivity index (χ2n) is 8.75. The van der Waals surface area contributed by atoms with Gasteiger partial charge in [0.15, 0.2) is 0 Å². The summed E-state index contributed by atoms with van der Waals surface area (Å²) in [6.07, 6.45) is 0.401. The molecule has 6 heteroatoms. The number of hydrogen-bond donors (Lipinski definition) is 1. The molecule has 0 saturated heterocycles. The molecule has 0 aromatic heterocycles. The van der Waals surface area contributed by atoms with Crippen LogP contribution in [-0.2, 0) is 29.0 Å². The summed E-state index contributed by atoms with van der Waals surface area (Å²) in [5.41, 5.74) is 3.61. The Morgan fingerprint density at radius 1 is 0.853 bits per heavy atom. The van der Waals surface area contributed by atoms with E-state index in [1.807, 2.05) is 75.4 Å². The van der Waals surface area contributed by atoms with Crippen molar-refractivity contribution >= 4 is 35.0 Å². The molecule has 0 aliphatic rings. The van der Waals surface area contributed by atoms with E-state index in [0.717, 1.165) is 16.7 Å². The normalized spacial score (nSPS) is 11.8. The minimum Gasteiger partial charge on any atom is -0.352 e. The number of amides is 2. The minimum atomic E-state index is -0.695. The molecule has 0 radical (unpaired) electrons. The van der Waals surface area contributed by atoms with Gasteiger partial charge in [0.25, 0.3) is 0 Å². The lowest BCUT2D eigenvalue weighted by atomic mass is 10.0. The fraction of sp³-hybridized carbons (Fsp3) is 0.286. The highest BCUT2D eigenvalue weighted by molar-refractivity contribution is 6.36. The Labute approximate surface area is 211 Å². The van der Waals surface area contributed by atoms with Crippen LogP contribution in [0, 0.1) is 6.92 Å². The number of carbonyl (C=O) groups excluding carboxylic acids is 2. The van der Waals surface area contributed by atoms with Gasteiger partial charge in [0.05, 0.1) is 6.42 Å². The van der Waals surface area contributed by atoms with Gasteiger partial charge in [-0.1, -0.05) is 89.4 Å². The molecule has 0 spiro atoms. The maximum atomic E-state index is 13.7. The summed E-state index contributed by atoms with van der Waals surface area (Å²) in [5, 5.41) is 3.86. The number of rotatable bonds is 9. The minimum absolute atomic E-state index is 0.00458. The van der Waals surface area contributed by atoms with E-state index in [1.54, 1.807) is 23.1 Å². The highest BCUT2D eigenvalue weighted by atomic mass is 35.5. The first-order valence-corrected chi connectivity index (χ1v) is 12.1. The van der Waals surface area contributed by atoms with Crippen molar-refractivity contribution in [3.63, 3.8) is 0 Å². The van der Waals surface area contributed by atoms with Crippen LogP contribution in [-0.4, -0.2) is 28.8 Å². The fourth-order valence-electron chi connectivity index (χ4n) is 3.78. The second kappa shape index (κ2) is 12.0. The number of halogens is 2. The average Bonchev–Trinajstić information content (AvgIpc) is 2.80. The SMILES string of the molecule is Cc1ccc(CN(C(=O)Cc2c(Cl)cccc2Cl)[C@H](Cc2ccccc2)C(=O)NC(C)C)cc1. The quantitative estimate of drug-likeness (QED) is 0.394. The van der Waals surface area contributed by atoms with E-state index < -0.39 is 6.04 Å². The molecule has 0 fully saturated rings. The third-order valence-electron chi connectivity index (χ3n) is 5.57. The average molecular weight is 497 g/mol. The zero-order valence-corrected chi connectivity index (χ0v) is 21.2. The summed E-state index contributed by atoms with van der Waals surface area (Å²) in [7, 11) is 0. The van der Waals surface area contributed by atoms with Gasteiger partial charge in [0.1, 0.15) is 6.04 Å². The zero-order chi connectivity index (χ0) is 24.7. The van der Waals surface area contributed by atoms with E-state index in [4.69, 9.17) is 23.2 Å². The van der Waals surface area contributed by atoms with Gasteiger partial charge in [0, 0.05) is 29.1 Å². The number of aryl methyl sites for hydroxylation is 1. The summed E-state index contributed by atoms with van der Waals surface area (Å²) in [5.74, 6) is -0.403. The molecule has 0 heterocycles. The Balaban J connectivity index is 2.00. The lowest BCUT2D eigenvalue weighted by Gasteiger charge is -2.32. The molecule has 1 atom stereocenters. The van der Waals surface area contributed by atoms with Crippen LogP contribution in [0.1, 0.15) is 36.1 Å². The van der Waals surface area contributed by atoms with E-state index in [0.29, 0.717) is 28.6 Å². The molecular weight excluding hydrogens is 467 g/mol. The summed E-state index contributed by atoms with van der Waals surface area (Å²) in [6, 6.07) is 22.1. The predicted octanol–water partition coefficient (Wildman–Crippen LogP) is 6.01. The van der Waals surface area contributed by atoms with Crippen molar-refractivity contribution in [3.8, 4) is 0 Å². The lowest BCUT2D eigenvalue weighted by molar-refractivity contribution is -0.141. The molecule has 3 aromatic carbocycles. The molecule has 0 aliphatic carbocycles. The third kappa shape index (κ3) is 7.09. The molecule has 0 saturated carbocycles. The number of hydrogen-bond acceptors (Lipinski definition) is 2. The van der Waals surface area contributed by atoms with E-state index >= 15 is 0 Å². The largest absolute Gasteiger partial charge is 0.352 e. The Morgan fingerprint density at radius 3 is 2.06 bits per heavy atom. The van der Waals surface area contributed by atoms with Crippen LogP contribution >= 0.6 is 23.2 Å². The van der Waals surface area contributed by atoms with Crippen molar-refractivity contribution in [3.05, 3.63) is 105 Å². The first kappa shape index (κ1) is 25.8. The number of carbonyl (C=O) groups is 2. The van der Waals surface area contributed by atoms with Gasteiger partial charge >= 0.3 is 0 Å². The Kier molecular flexibility index (Phi) is 9.14. The van der Waals surface area contributed by atoms with Gasteiger partial charge < -0.3 is 10.2 Å². The van der Waals surface area contributed by atoms with Crippen molar-refractivity contribution in [1.82, 2.24) is 10.2 Å². The number of nitrogens with zero attached hydrogens (tertiary/aromatic N) is 1. The van der Waals surface area contributed by atoms with Crippen molar-refractivity contribution < 1.29 is 9.59 Å². The maximum absolute atomic E-state index is 13.7. The summed E-state index contributed by atoms with van der Waals surface area (Å²) >= 11 is 12.7. The molecule has 0 aliphatic heterocycles. The maximum Gasteiger partial charge on any atom is 0.243 e. The Hall–Kier alpha value is -2.82. The van der Waals surface area contributed by atoms with Crippen molar-refractivity contribution in [2.45, 2.75) is 52.2 Å². The molecule has 34 heavy (non-hydrogen) atoms. The van der Waals surface area contributed by atoms with Crippen LogP contribution in [0.2, 0.25) is 10.0 Å². The monoisotopic (exact) mass is 496 g/mol. The van der Waals surface area contributed by atoms with Gasteiger partial charge in [-0.15, -0.1) is 0 Å². The zero-order valence-electron chi connectivity index (χ0n) is 19.7. The van der Waals surface area contributed by atoms with Crippen molar-refractivity contribution in [2.75, 3.05) is 0 Å². The van der Waals surface area contributed by atoms with E-state index in [1.165, 1.54) is 0 Å². The molecule has 4 nitrogen and oxygen atoms in total. The molecule has 3 aromatic rings. The van der Waals surface area contributed by atoms with E-state index in [9.17, 15) is 9.59 Å². The van der Waals surface area contributed by atoms with Gasteiger partial charge in [-0.2, -0.15) is 0 Å². The Morgan fingerprint density at radius 2 is 1.47 bits per heavy atom. The van der Waals surface area contributed by atoms with E-state index in [2.05, 4.69) is 5.32 Å². The van der Waals surface area contributed by atoms with Crippen molar-refractivity contribution in [1.29, 1.82) is 0 Å². The molecular formula is C28H30Cl2N2O2. The van der Waals surface area contributed by atoms with Gasteiger partial charge in [0.2, 0.25) is 11.8 Å². The first-order valence-electron chi connectivity index (χ1n) is 11.4. The third-order valence-corrected chi connectivity index (χ3v) is 6.27. The van der Waals surface area contributed by atoms with Crippen LogP contribution in [0.25, 0.3) is 0 Å². The summed E-state index contributed by atoms with van der Waals surface area (Å²) < 4.78 is 0. The molecule has 2 amide bonds. The first-order chi connectivity index (χ1) is 16.2. The van der Waals surface area contributed by atoms with Crippen LogP contribution < -0.4 is 5.32 Å².